The van der Waals surface area contributed by atoms with Crippen molar-refractivity contribution < 1.29 is 0 Å². The number of nitriles is 1. The first kappa shape index (κ1) is 7.07. The van der Waals surface area contributed by atoms with E-state index in [4.69, 9.17) is 28.6 Å². The maximum Gasteiger partial charge on any atom is 0.144 e. The normalized spacial score (nSPS) is 18.6. The van der Waals surface area contributed by atoms with E-state index >= 15 is 0 Å². The number of nitrogens with zero attached hydrogens (tertiary/aromatic N) is 2. The van der Waals surface area contributed by atoms with Crippen molar-refractivity contribution in [1.29, 1.82) is 5.26 Å². The van der Waals surface area contributed by atoms with Crippen LogP contribution in [0.2, 0.25) is 0 Å². The minimum atomic E-state index is 0.337. The Morgan fingerprint density at radius 2 is 2.44 bits per heavy atom. The fourth-order valence-electron chi connectivity index (χ4n) is 0.426. The zero-order valence-electron chi connectivity index (χ0n) is 4.27. The van der Waals surface area contributed by atoms with Gasteiger partial charge in [0.15, 0.2) is 0 Å². The molecule has 9 heavy (non-hydrogen) atoms. The number of rotatable bonds is 0. The van der Waals surface area contributed by atoms with Gasteiger partial charge in [-0.2, -0.15) is 5.26 Å². The Bertz CT molecular complexity index is 195. The summed E-state index contributed by atoms with van der Waals surface area (Å²) >= 11 is 12.4. The maximum atomic E-state index is 8.36. The van der Waals surface area contributed by atoms with Crippen LogP contribution in [0.4, 0.5) is 0 Å². The topological polar surface area (TPSA) is 27.0 Å². The first-order valence-corrected chi connectivity index (χ1v) is 3.82. The SMILES string of the molecule is N#CC1=C(Cl)N(Cl)CS1. The van der Waals surface area contributed by atoms with E-state index in [-0.39, 0.29) is 0 Å². The van der Waals surface area contributed by atoms with E-state index in [2.05, 4.69) is 0 Å². The molecule has 5 heteroatoms. The average molecular weight is 181 g/mol. The van der Waals surface area contributed by atoms with Crippen molar-refractivity contribution in [2.45, 2.75) is 0 Å². The second-order valence-corrected chi connectivity index (χ2v) is 3.09. The van der Waals surface area contributed by atoms with Crippen molar-refractivity contribution in [2.75, 3.05) is 5.88 Å². The first-order valence-electron chi connectivity index (χ1n) is 2.11. The largest absolute Gasteiger partial charge is 0.263 e. The second-order valence-electron chi connectivity index (χ2n) is 1.37. The maximum absolute atomic E-state index is 8.36. The van der Waals surface area contributed by atoms with E-state index in [1.807, 2.05) is 6.07 Å². The van der Waals surface area contributed by atoms with Gasteiger partial charge in [0, 0.05) is 11.8 Å². The standard InChI is InChI=1S/C4H2Cl2N2S/c5-4-3(1-7)9-2-8(4)6/h2H2. The summed E-state index contributed by atoms with van der Waals surface area (Å²) in [6.07, 6.45) is 0. The van der Waals surface area contributed by atoms with Crippen molar-refractivity contribution in [1.82, 2.24) is 4.42 Å². The van der Waals surface area contributed by atoms with Crippen LogP contribution in [0.1, 0.15) is 0 Å². The Kier molecular flexibility index (Phi) is 2.12. The molecule has 0 radical (unpaired) electrons. The van der Waals surface area contributed by atoms with Gasteiger partial charge in [-0.15, -0.1) is 0 Å². The molecular weight excluding hydrogens is 179 g/mol. The third-order valence-electron chi connectivity index (χ3n) is 0.824. The molecule has 1 aliphatic heterocycles. The van der Waals surface area contributed by atoms with Crippen LogP contribution in [0.5, 0.6) is 0 Å². The van der Waals surface area contributed by atoms with E-state index in [1.54, 1.807) is 0 Å². The summed E-state index contributed by atoms with van der Waals surface area (Å²) in [5.41, 5.74) is 0. The Hall–Kier alpha value is -0.0400. The summed E-state index contributed by atoms with van der Waals surface area (Å²) in [6.45, 7) is 0. The quantitative estimate of drug-likeness (QED) is 0.422. The summed E-state index contributed by atoms with van der Waals surface area (Å²) in [7, 11) is 0. The molecule has 0 saturated heterocycles. The van der Waals surface area contributed by atoms with Crippen LogP contribution < -0.4 is 0 Å². The number of halogens is 2. The van der Waals surface area contributed by atoms with Crippen molar-refractivity contribution >= 4 is 35.1 Å². The highest BCUT2D eigenvalue weighted by Crippen LogP contribution is 2.34. The molecule has 0 atom stereocenters. The molecule has 0 bridgehead atoms. The summed E-state index contributed by atoms with van der Waals surface area (Å²) in [4.78, 5) is 0.492. The lowest BCUT2D eigenvalue weighted by molar-refractivity contribution is 0.715. The molecule has 1 heterocycles. The molecule has 0 unspecified atom stereocenters. The molecule has 0 aromatic heterocycles. The molecule has 0 aliphatic carbocycles. The van der Waals surface area contributed by atoms with Gasteiger partial charge >= 0.3 is 0 Å². The third kappa shape index (κ3) is 1.26. The number of thioether (sulfide) groups is 1. The lowest BCUT2D eigenvalue weighted by Crippen LogP contribution is -1.99. The van der Waals surface area contributed by atoms with Crippen LogP contribution in [0.25, 0.3) is 0 Å². The Balaban J connectivity index is 2.83. The smallest absolute Gasteiger partial charge is 0.144 e. The summed E-state index contributed by atoms with van der Waals surface area (Å²) in [5, 5.41) is 8.69. The fourth-order valence-corrected chi connectivity index (χ4v) is 1.71. The van der Waals surface area contributed by atoms with E-state index in [9.17, 15) is 0 Å². The number of hydrogen-bond donors (Lipinski definition) is 0. The lowest BCUT2D eigenvalue weighted by atomic mass is 10.7. The Labute approximate surface area is 67.1 Å². The van der Waals surface area contributed by atoms with Gasteiger partial charge in [-0.1, -0.05) is 23.4 Å². The summed E-state index contributed by atoms with van der Waals surface area (Å²) < 4.78 is 1.31. The highest BCUT2D eigenvalue weighted by molar-refractivity contribution is 8.03. The molecular formula is C4H2Cl2N2S. The first-order chi connectivity index (χ1) is 4.25. The number of allylic oxidation sites excluding steroid dienone is 1. The minimum Gasteiger partial charge on any atom is -0.263 e. The molecule has 48 valence electrons. The third-order valence-corrected chi connectivity index (χ3v) is 2.81. The molecule has 0 spiro atoms. The fraction of sp³-hybridized carbons (Fsp3) is 0.250. The zero-order valence-corrected chi connectivity index (χ0v) is 6.59. The molecule has 0 amide bonds. The van der Waals surface area contributed by atoms with Gasteiger partial charge < -0.3 is 0 Å². The Morgan fingerprint density at radius 3 is 2.67 bits per heavy atom. The van der Waals surface area contributed by atoms with Crippen LogP contribution >= 0.6 is 35.1 Å². The van der Waals surface area contributed by atoms with Crippen LogP contribution in [0, 0.1) is 11.3 Å². The van der Waals surface area contributed by atoms with Gasteiger partial charge in [-0.3, -0.25) is 4.42 Å². The second kappa shape index (κ2) is 2.70. The van der Waals surface area contributed by atoms with E-state index < -0.39 is 0 Å². The van der Waals surface area contributed by atoms with Crippen molar-refractivity contribution in [2.24, 2.45) is 0 Å². The number of hydrogen-bond acceptors (Lipinski definition) is 3. The predicted molar refractivity (Wildman–Crippen MR) is 38.6 cm³/mol. The summed E-state index contributed by atoms with van der Waals surface area (Å²) in [5.74, 6) is 0.559. The van der Waals surface area contributed by atoms with Crippen molar-refractivity contribution in [3.8, 4) is 6.07 Å². The highest BCUT2D eigenvalue weighted by atomic mass is 35.5. The van der Waals surface area contributed by atoms with Gasteiger partial charge in [0.2, 0.25) is 0 Å². The van der Waals surface area contributed by atoms with Crippen molar-refractivity contribution in [3.63, 3.8) is 0 Å². The molecule has 0 N–H and O–H groups in total. The zero-order chi connectivity index (χ0) is 6.85. The van der Waals surface area contributed by atoms with Gasteiger partial charge in [-0.25, -0.2) is 0 Å². The van der Waals surface area contributed by atoms with Crippen LogP contribution in [0.3, 0.4) is 0 Å². The summed E-state index contributed by atoms with van der Waals surface area (Å²) in [6, 6.07) is 1.93. The van der Waals surface area contributed by atoms with Gasteiger partial charge in [0.05, 0.1) is 5.88 Å². The van der Waals surface area contributed by atoms with Crippen molar-refractivity contribution in [3.05, 3.63) is 10.1 Å². The molecule has 1 rings (SSSR count). The van der Waals surface area contributed by atoms with E-state index in [0.717, 1.165) is 0 Å². The van der Waals surface area contributed by atoms with Gasteiger partial charge in [-0.05, 0) is 0 Å². The van der Waals surface area contributed by atoms with Crippen LogP contribution in [-0.4, -0.2) is 10.3 Å². The van der Waals surface area contributed by atoms with Gasteiger partial charge in [0.25, 0.3) is 0 Å². The molecule has 0 saturated carbocycles. The molecule has 0 aromatic carbocycles. The molecule has 1 aliphatic rings. The van der Waals surface area contributed by atoms with Crippen LogP contribution in [0.15, 0.2) is 10.1 Å². The van der Waals surface area contributed by atoms with Crippen LogP contribution in [-0.2, 0) is 0 Å². The van der Waals surface area contributed by atoms with E-state index in [1.165, 1.54) is 16.2 Å². The molecule has 2 nitrogen and oxygen atoms in total. The predicted octanol–water partition coefficient (Wildman–Crippen LogP) is 2.08. The lowest BCUT2D eigenvalue weighted by Gasteiger charge is -2.01. The monoisotopic (exact) mass is 180 g/mol. The Morgan fingerprint density at radius 1 is 1.78 bits per heavy atom. The minimum absolute atomic E-state index is 0.337. The average Bonchev–Trinajstić information content (AvgIpc) is 2.15. The molecule has 0 aromatic rings. The van der Waals surface area contributed by atoms with Gasteiger partial charge in [0.1, 0.15) is 16.1 Å². The highest BCUT2D eigenvalue weighted by Gasteiger charge is 2.19. The molecule has 0 fully saturated rings. The van der Waals surface area contributed by atoms with E-state index in [0.29, 0.717) is 15.9 Å².